The Morgan fingerprint density at radius 1 is 0.574 bits per heavy atom. The summed E-state index contributed by atoms with van der Waals surface area (Å²) in [6.07, 6.45) is 39.1. The third kappa shape index (κ3) is 36.5. The number of unbranched alkanes of at least 4 members (excludes halogenated alkanes) is 14. The van der Waals surface area contributed by atoms with Gasteiger partial charge in [-0.1, -0.05) is 159 Å². The van der Waals surface area contributed by atoms with E-state index in [0.29, 0.717) is 19.3 Å². The topological polar surface area (TPSA) is 93.1 Å². The molecule has 0 spiro atoms. The number of aliphatic hydroxyl groups is 2. The molecule has 0 aromatic rings. The quantitative estimate of drug-likeness (QED) is 0.0315. The first-order valence-electron chi connectivity index (χ1n) is 19.2. The van der Waals surface area contributed by atoms with Gasteiger partial charge in [0.1, 0.15) is 19.3 Å². The van der Waals surface area contributed by atoms with Crippen molar-refractivity contribution in [1.29, 1.82) is 0 Å². The number of hydrogen-bond donors (Lipinski definition) is 2. The molecular formula is C41H72O6. The Bertz CT molecular complexity index is 828. The van der Waals surface area contributed by atoms with Gasteiger partial charge < -0.3 is 19.7 Å². The zero-order valence-electron chi connectivity index (χ0n) is 30.6. The van der Waals surface area contributed by atoms with Gasteiger partial charge in [-0.3, -0.25) is 9.59 Å². The third-order valence-electron chi connectivity index (χ3n) is 8.10. The second-order valence-electron chi connectivity index (χ2n) is 13.4. The van der Waals surface area contributed by atoms with Crippen molar-refractivity contribution < 1.29 is 29.3 Å². The van der Waals surface area contributed by atoms with Crippen molar-refractivity contribution in [2.45, 2.75) is 181 Å². The van der Waals surface area contributed by atoms with Crippen molar-refractivity contribution >= 4 is 11.9 Å². The normalized spacial score (nSPS) is 13.5. The highest BCUT2D eigenvalue weighted by Crippen LogP contribution is 2.14. The third-order valence-corrected chi connectivity index (χ3v) is 8.10. The molecule has 6 heteroatoms. The number of ether oxygens (including phenoxy) is 2. The number of esters is 2. The summed E-state index contributed by atoms with van der Waals surface area (Å²) in [5.74, 6) is 0.0719. The fraction of sp³-hybridized carbons (Fsp3) is 0.756. The molecule has 6 nitrogen and oxygen atoms in total. The van der Waals surface area contributed by atoms with Crippen LogP contribution < -0.4 is 0 Å². The molecule has 0 saturated heterocycles. The van der Waals surface area contributed by atoms with Crippen molar-refractivity contribution in [2.24, 2.45) is 5.92 Å². The van der Waals surface area contributed by atoms with E-state index in [1.807, 2.05) is 18.2 Å². The molecule has 0 bridgehead atoms. The minimum Gasteiger partial charge on any atom is -0.463 e. The Morgan fingerprint density at radius 2 is 1.09 bits per heavy atom. The summed E-state index contributed by atoms with van der Waals surface area (Å²) in [5, 5.41) is 20.1. The van der Waals surface area contributed by atoms with E-state index in [2.05, 4.69) is 45.1 Å². The van der Waals surface area contributed by atoms with Gasteiger partial charge in [0.25, 0.3) is 0 Å². The molecular weight excluding hydrogens is 588 g/mol. The Morgan fingerprint density at radius 3 is 1.66 bits per heavy atom. The zero-order valence-corrected chi connectivity index (χ0v) is 30.6. The van der Waals surface area contributed by atoms with Crippen LogP contribution in [-0.4, -0.2) is 47.6 Å². The fourth-order valence-electron chi connectivity index (χ4n) is 5.14. The summed E-state index contributed by atoms with van der Waals surface area (Å²) >= 11 is 0. The number of rotatable bonds is 33. The van der Waals surface area contributed by atoms with Crippen molar-refractivity contribution in [3.63, 3.8) is 0 Å². The van der Waals surface area contributed by atoms with Gasteiger partial charge in [-0.15, -0.1) is 0 Å². The van der Waals surface area contributed by atoms with Gasteiger partial charge in [0.2, 0.25) is 0 Å². The maximum atomic E-state index is 12.0. The van der Waals surface area contributed by atoms with Gasteiger partial charge in [-0.05, 0) is 50.9 Å². The lowest BCUT2D eigenvalue weighted by atomic mass is 10.0. The van der Waals surface area contributed by atoms with Gasteiger partial charge in [0, 0.05) is 12.8 Å². The summed E-state index contributed by atoms with van der Waals surface area (Å²) in [4.78, 5) is 23.9. The molecule has 47 heavy (non-hydrogen) atoms. The Kier molecular flexibility index (Phi) is 33.5. The minimum absolute atomic E-state index is 0.156. The molecule has 0 fully saturated rings. The van der Waals surface area contributed by atoms with Crippen LogP contribution in [0.15, 0.2) is 48.6 Å². The molecule has 2 N–H and O–H groups in total. The van der Waals surface area contributed by atoms with Crippen LogP contribution in [0.4, 0.5) is 0 Å². The van der Waals surface area contributed by atoms with Crippen LogP contribution in [0.1, 0.15) is 168 Å². The average Bonchev–Trinajstić information content (AvgIpc) is 3.04. The maximum absolute atomic E-state index is 12.0. The highest BCUT2D eigenvalue weighted by molar-refractivity contribution is 5.69. The molecule has 0 amide bonds. The van der Waals surface area contributed by atoms with Crippen molar-refractivity contribution in [1.82, 2.24) is 0 Å². The van der Waals surface area contributed by atoms with Gasteiger partial charge in [0.05, 0.1) is 6.10 Å². The standard InChI is InChI=1S/C41H72O6/c1-4-5-6-7-8-9-10-11-15-18-21-24-27-31-38(42)32-29-34-41(45)47-36-39(43)35-46-40(44)33-28-25-22-19-16-13-12-14-17-20-23-26-30-37(2)3/h8-9,11,15,21,24,27,31,37-39,42-43H,4-7,10,12-14,16-20,22-23,25-26,28-30,32-36H2,1-3H3/b9-8-,15-11-,24-21-,31-27+/t38-,39-/m1/s1. The lowest BCUT2D eigenvalue weighted by Crippen LogP contribution is -2.25. The summed E-state index contributed by atoms with van der Waals surface area (Å²) in [5.41, 5.74) is 0. The number of carbonyl (C=O) groups is 2. The van der Waals surface area contributed by atoms with E-state index in [4.69, 9.17) is 9.47 Å². The molecule has 272 valence electrons. The van der Waals surface area contributed by atoms with Crippen LogP contribution >= 0.6 is 0 Å². The molecule has 0 rings (SSSR count). The highest BCUT2D eigenvalue weighted by Gasteiger charge is 2.12. The van der Waals surface area contributed by atoms with Crippen molar-refractivity contribution in [2.75, 3.05) is 13.2 Å². The highest BCUT2D eigenvalue weighted by atomic mass is 16.6. The summed E-state index contributed by atoms with van der Waals surface area (Å²) < 4.78 is 10.2. The average molecular weight is 661 g/mol. The zero-order chi connectivity index (χ0) is 34.6. The molecule has 0 aromatic carbocycles. The molecule has 2 atom stereocenters. The van der Waals surface area contributed by atoms with Crippen LogP contribution in [0.3, 0.4) is 0 Å². The van der Waals surface area contributed by atoms with Gasteiger partial charge in [-0.2, -0.15) is 0 Å². The van der Waals surface area contributed by atoms with E-state index < -0.39 is 18.2 Å². The van der Waals surface area contributed by atoms with Crippen LogP contribution in [-0.2, 0) is 19.1 Å². The van der Waals surface area contributed by atoms with Gasteiger partial charge in [0.15, 0.2) is 0 Å². The SMILES string of the molecule is CCCCC/C=C\C/C=C\C/C=C\C=C\[C@@H](O)CCCC(=O)OC[C@H](O)COC(=O)CCCCCCCCCCCCCCC(C)C. The van der Waals surface area contributed by atoms with E-state index in [0.717, 1.165) is 44.4 Å². The smallest absolute Gasteiger partial charge is 0.305 e. The Labute approximate surface area is 289 Å². The second kappa shape index (κ2) is 35.1. The van der Waals surface area contributed by atoms with Crippen LogP contribution in [0.25, 0.3) is 0 Å². The largest absolute Gasteiger partial charge is 0.463 e. The molecule has 0 aliphatic heterocycles. The minimum atomic E-state index is -1.04. The first-order chi connectivity index (χ1) is 22.8. The summed E-state index contributed by atoms with van der Waals surface area (Å²) in [6, 6.07) is 0. The summed E-state index contributed by atoms with van der Waals surface area (Å²) in [7, 11) is 0. The fourth-order valence-corrected chi connectivity index (χ4v) is 5.14. The first kappa shape index (κ1) is 44.8. The lowest BCUT2D eigenvalue weighted by molar-refractivity contribution is -0.152. The number of aliphatic hydroxyl groups excluding tert-OH is 2. The number of carbonyl (C=O) groups excluding carboxylic acids is 2. The van der Waals surface area contributed by atoms with Crippen LogP contribution in [0.2, 0.25) is 0 Å². The molecule has 0 radical (unpaired) electrons. The van der Waals surface area contributed by atoms with E-state index in [-0.39, 0.29) is 25.6 Å². The van der Waals surface area contributed by atoms with Crippen molar-refractivity contribution in [3.05, 3.63) is 48.6 Å². The number of hydrogen-bond acceptors (Lipinski definition) is 6. The molecule has 0 aromatic heterocycles. The Balaban J connectivity index is 3.64. The van der Waals surface area contributed by atoms with E-state index in [1.165, 1.54) is 83.5 Å². The first-order valence-corrected chi connectivity index (χ1v) is 19.2. The van der Waals surface area contributed by atoms with Gasteiger partial charge >= 0.3 is 11.9 Å². The predicted molar refractivity (Wildman–Crippen MR) is 197 cm³/mol. The molecule has 0 heterocycles. The van der Waals surface area contributed by atoms with E-state index >= 15 is 0 Å². The molecule has 0 aliphatic rings. The lowest BCUT2D eigenvalue weighted by Gasteiger charge is -2.12. The van der Waals surface area contributed by atoms with Crippen molar-refractivity contribution in [3.8, 4) is 0 Å². The molecule has 0 aliphatic carbocycles. The molecule has 0 saturated carbocycles. The second-order valence-corrected chi connectivity index (χ2v) is 13.4. The predicted octanol–water partition coefficient (Wildman–Crippen LogP) is 10.7. The monoisotopic (exact) mass is 661 g/mol. The van der Waals surface area contributed by atoms with Crippen LogP contribution in [0, 0.1) is 5.92 Å². The summed E-state index contributed by atoms with van der Waals surface area (Å²) in [6.45, 7) is 6.44. The maximum Gasteiger partial charge on any atom is 0.305 e. The van der Waals surface area contributed by atoms with Gasteiger partial charge in [-0.25, -0.2) is 0 Å². The Hall–Kier alpha value is -2.18. The van der Waals surface area contributed by atoms with Crippen LogP contribution in [0.5, 0.6) is 0 Å². The van der Waals surface area contributed by atoms with E-state index in [9.17, 15) is 19.8 Å². The number of allylic oxidation sites excluding steroid dienone is 7. The van der Waals surface area contributed by atoms with E-state index in [1.54, 1.807) is 6.08 Å². The molecule has 0 unspecified atom stereocenters.